The average Bonchev–Trinajstić information content (AvgIpc) is 2.83. The molecular formula is C29H52O6. The molecule has 0 N–H and O–H groups in total. The highest BCUT2D eigenvalue weighted by atomic mass is 16.6. The maximum atomic E-state index is 12.2. The molecule has 0 radical (unpaired) electrons. The number of carbonyl (C=O) groups is 3. The molecular weight excluding hydrogens is 444 g/mol. The quantitative estimate of drug-likeness (QED) is 0.0592. The Morgan fingerprint density at radius 3 is 1.49 bits per heavy atom. The second-order valence-corrected chi connectivity index (χ2v) is 9.31. The molecule has 204 valence electrons. The maximum Gasteiger partial charge on any atom is 0.306 e. The Hall–Kier alpha value is -1.85. The summed E-state index contributed by atoms with van der Waals surface area (Å²) in [4.78, 5) is 35.5. The van der Waals surface area contributed by atoms with E-state index in [1.807, 2.05) is 13.8 Å². The van der Waals surface area contributed by atoms with Crippen LogP contribution in [0.5, 0.6) is 0 Å². The second kappa shape index (κ2) is 25.2. The van der Waals surface area contributed by atoms with Gasteiger partial charge < -0.3 is 14.2 Å². The third-order valence-electron chi connectivity index (χ3n) is 5.71. The fraction of sp³-hybridized carbons (Fsp3) is 0.828. The van der Waals surface area contributed by atoms with E-state index >= 15 is 0 Å². The first kappa shape index (κ1) is 33.1. The number of unbranched alkanes of at least 4 members (excludes halogenated alkanes) is 11. The van der Waals surface area contributed by atoms with E-state index in [0.29, 0.717) is 32.1 Å². The minimum atomic E-state index is -0.757. The lowest BCUT2D eigenvalue weighted by molar-refractivity contribution is -0.166. The van der Waals surface area contributed by atoms with Gasteiger partial charge in [-0.1, -0.05) is 84.3 Å². The van der Waals surface area contributed by atoms with Crippen LogP contribution in [0.2, 0.25) is 0 Å². The standard InChI is InChI=1S/C29H52O6/c1-4-7-8-9-10-11-12-13-14-15-16-17-18-19-20-23-29(32)35-26(24-33-27(30)21-5-2)25-34-28(31)22-6-3/h13-14,26H,4-12,15-25H2,1-3H3. The number of allylic oxidation sites excluding steroid dienone is 2. The van der Waals surface area contributed by atoms with Crippen LogP contribution in [0.25, 0.3) is 0 Å². The Kier molecular flexibility index (Phi) is 23.9. The van der Waals surface area contributed by atoms with Gasteiger partial charge in [-0.25, -0.2) is 0 Å². The van der Waals surface area contributed by atoms with Crippen LogP contribution >= 0.6 is 0 Å². The van der Waals surface area contributed by atoms with Crippen molar-refractivity contribution < 1.29 is 28.6 Å². The van der Waals surface area contributed by atoms with E-state index in [1.54, 1.807) is 0 Å². The zero-order chi connectivity index (χ0) is 26.0. The normalized spacial score (nSPS) is 11.2. The van der Waals surface area contributed by atoms with Crippen molar-refractivity contribution in [2.75, 3.05) is 13.2 Å². The SMILES string of the molecule is CCCCCCCCC=CCCCCCCCC(=O)OC(COC(=O)CCC)COC(=O)CCC. The third-order valence-corrected chi connectivity index (χ3v) is 5.71. The lowest BCUT2D eigenvalue weighted by Gasteiger charge is -2.18. The van der Waals surface area contributed by atoms with Crippen molar-refractivity contribution in [1.82, 2.24) is 0 Å². The molecule has 0 aromatic carbocycles. The van der Waals surface area contributed by atoms with Crippen molar-refractivity contribution in [2.24, 2.45) is 0 Å². The predicted octanol–water partition coefficient (Wildman–Crippen LogP) is 7.62. The molecule has 0 rings (SSSR count). The summed E-state index contributed by atoms with van der Waals surface area (Å²) in [6.07, 6.45) is 21.8. The lowest BCUT2D eigenvalue weighted by atomic mass is 10.1. The molecule has 6 nitrogen and oxygen atoms in total. The van der Waals surface area contributed by atoms with Gasteiger partial charge in [0.2, 0.25) is 0 Å². The van der Waals surface area contributed by atoms with Gasteiger partial charge in [-0.05, 0) is 44.9 Å². The molecule has 0 atom stereocenters. The van der Waals surface area contributed by atoms with Crippen LogP contribution in [0.15, 0.2) is 12.2 Å². The molecule has 0 heterocycles. The van der Waals surface area contributed by atoms with Gasteiger partial charge in [0, 0.05) is 19.3 Å². The van der Waals surface area contributed by atoms with Crippen molar-refractivity contribution in [3.63, 3.8) is 0 Å². The van der Waals surface area contributed by atoms with Crippen LogP contribution in [-0.4, -0.2) is 37.2 Å². The maximum absolute atomic E-state index is 12.2. The second-order valence-electron chi connectivity index (χ2n) is 9.31. The van der Waals surface area contributed by atoms with E-state index in [4.69, 9.17) is 14.2 Å². The Bertz CT molecular complexity index is 535. The van der Waals surface area contributed by atoms with Gasteiger partial charge >= 0.3 is 17.9 Å². The van der Waals surface area contributed by atoms with E-state index in [0.717, 1.165) is 25.7 Å². The van der Waals surface area contributed by atoms with Crippen molar-refractivity contribution in [2.45, 2.75) is 142 Å². The Labute approximate surface area is 214 Å². The molecule has 0 saturated heterocycles. The number of carbonyl (C=O) groups excluding carboxylic acids is 3. The number of hydrogen-bond donors (Lipinski definition) is 0. The molecule has 0 fully saturated rings. The molecule has 0 aliphatic carbocycles. The summed E-state index contributed by atoms with van der Waals surface area (Å²) in [5.41, 5.74) is 0. The molecule has 0 amide bonds. The summed E-state index contributed by atoms with van der Waals surface area (Å²) in [5, 5.41) is 0. The molecule has 0 aliphatic heterocycles. The number of hydrogen-bond acceptors (Lipinski definition) is 6. The van der Waals surface area contributed by atoms with Gasteiger partial charge in [-0.3, -0.25) is 14.4 Å². The van der Waals surface area contributed by atoms with Crippen molar-refractivity contribution in [1.29, 1.82) is 0 Å². The van der Waals surface area contributed by atoms with Crippen LogP contribution < -0.4 is 0 Å². The van der Waals surface area contributed by atoms with E-state index in [2.05, 4.69) is 19.1 Å². The van der Waals surface area contributed by atoms with E-state index in [1.165, 1.54) is 57.8 Å². The molecule has 0 spiro atoms. The summed E-state index contributed by atoms with van der Waals surface area (Å²) in [7, 11) is 0. The number of esters is 3. The van der Waals surface area contributed by atoms with E-state index in [-0.39, 0.29) is 31.1 Å². The Morgan fingerprint density at radius 2 is 1.00 bits per heavy atom. The zero-order valence-electron chi connectivity index (χ0n) is 22.8. The molecule has 6 heteroatoms. The minimum absolute atomic E-state index is 0.0870. The monoisotopic (exact) mass is 496 g/mol. The highest BCUT2D eigenvalue weighted by molar-refractivity contribution is 5.71. The molecule has 0 aliphatic rings. The Balaban J connectivity index is 3.91. The van der Waals surface area contributed by atoms with Gasteiger partial charge in [-0.2, -0.15) is 0 Å². The van der Waals surface area contributed by atoms with Gasteiger partial charge in [0.05, 0.1) is 0 Å². The smallest absolute Gasteiger partial charge is 0.306 e. The summed E-state index contributed by atoms with van der Waals surface area (Å²) in [6.45, 7) is 5.85. The molecule has 35 heavy (non-hydrogen) atoms. The first-order valence-electron chi connectivity index (χ1n) is 14.2. The largest absolute Gasteiger partial charge is 0.462 e. The van der Waals surface area contributed by atoms with E-state index in [9.17, 15) is 14.4 Å². The van der Waals surface area contributed by atoms with Crippen LogP contribution in [0, 0.1) is 0 Å². The van der Waals surface area contributed by atoms with Gasteiger partial charge in [0.25, 0.3) is 0 Å². The van der Waals surface area contributed by atoms with Gasteiger partial charge in [-0.15, -0.1) is 0 Å². The molecule has 0 bridgehead atoms. The predicted molar refractivity (Wildman–Crippen MR) is 141 cm³/mol. The van der Waals surface area contributed by atoms with Gasteiger partial charge in [0.1, 0.15) is 13.2 Å². The zero-order valence-corrected chi connectivity index (χ0v) is 22.8. The topological polar surface area (TPSA) is 78.9 Å². The lowest BCUT2D eigenvalue weighted by Crippen LogP contribution is -2.30. The fourth-order valence-corrected chi connectivity index (χ4v) is 3.63. The number of rotatable bonds is 24. The first-order chi connectivity index (χ1) is 17.0. The minimum Gasteiger partial charge on any atom is -0.462 e. The fourth-order valence-electron chi connectivity index (χ4n) is 3.63. The summed E-state index contributed by atoms with van der Waals surface area (Å²) < 4.78 is 15.7. The molecule has 0 aromatic heterocycles. The van der Waals surface area contributed by atoms with Crippen molar-refractivity contribution in [3.05, 3.63) is 12.2 Å². The van der Waals surface area contributed by atoms with Crippen LogP contribution in [0.3, 0.4) is 0 Å². The summed E-state index contributed by atoms with van der Waals surface area (Å²) in [6, 6.07) is 0. The third kappa shape index (κ3) is 23.7. The number of ether oxygens (including phenoxy) is 3. The van der Waals surface area contributed by atoms with Crippen LogP contribution in [0.1, 0.15) is 136 Å². The molecule has 0 saturated carbocycles. The summed E-state index contributed by atoms with van der Waals surface area (Å²) in [5.74, 6) is -1.03. The highest BCUT2D eigenvalue weighted by Crippen LogP contribution is 2.11. The Morgan fingerprint density at radius 1 is 0.543 bits per heavy atom. The molecule has 0 aromatic rings. The molecule has 0 unspecified atom stereocenters. The first-order valence-corrected chi connectivity index (χ1v) is 14.2. The van der Waals surface area contributed by atoms with Crippen LogP contribution in [-0.2, 0) is 28.6 Å². The summed E-state index contributed by atoms with van der Waals surface area (Å²) >= 11 is 0. The van der Waals surface area contributed by atoms with Crippen LogP contribution in [0.4, 0.5) is 0 Å². The van der Waals surface area contributed by atoms with E-state index < -0.39 is 6.10 Å². The van der Waals surface area contributed by atoms with Gasteiger partial charge in [0.15, 0.2) is 6.10 Å². The highest BCUT2D eigenvalue weighted by Gasteiger charge is 2.19. The average molecular weight is 497 g/mol. The van der Waals surface area contributed by atoms with Crippen molar-refractivity contribution >= 4 is 17.9 Å². The van der Waals surface area contributed by atoms with Crippen molar-refractivity contribution in [3.8, 4) is 0 Å².